The number of hydrogen-bond donors (Lipinski definition) is 2. The van der Waals surface area contributed by atoms with Crippen LogP contribution < -0.4 is 10.6 Å². The predicted octanol–water partition coefficient (Wildman–Crippen LogP) is 2.57. The number of thiocarbonyl (C=S) groups is 1. The van der Waals surface area contributed by atoms with Crippen molar-refractivity contribution in [3.05, 3.63) is 60.1 Å². The maximum absolute atomic E-state index is 11.9. The molecule has 1 aromatic carbocycles. The van der Waals surface area contributed by atoms with Gasteiger partial charge in [0, 0.05) is 0 Å². The highest BCUT2D eigenvalue weighted by atomic mass is 32.1. The van der Waals surface area contributed by atoms with Crippen molar-refractivity contribution in [1.29, 1.82) is 0 Å². The second-order valence-electron chi connectivity index (χ2n) is 4.37. The Hall–Kier alpha value is -2.14. The normalized spacial score (nSPS) is 11.7. The van der Waals surface area contributed by atoms with E-state index in [1.54, 1.807) is 12.3 Å². The van der Waals surface area contributed by atoms with Crippen molar-refractivity contribution in [3.63, 3.8) is 0 Å². The molecular weight excluding hydrogens is 272 g/mol. The van der Waals surface area contributed by atoms with E-state index in [4.69, 9.17) is 16.6 Å². The Morgan fingerprint density at radius 1 is 1.25 bits per heavy atom. The SMILES string of the molecule is C[C@@H](NC(=O)C(=S)NCc1ccco1)c1ccccc1. The van der Waals surface area contributed by atoms with Crippen molar-refractivity contribution < 1.29 is 9.21 Å². The highest BCUT2D eigenvalue weighted by molar-refractivity contribution is 7.82. The van der Waals surface area contributed by atoms with Gasteiger partial charge in [-0.2, -0.15) is 0 Å². The smallest absolute Gasteiger partial charge is 0.279 e. The van der Waals surface area contributed by atoms with Crippen LogP contribution in [0.1, 0.15) is 24.3 Å². The first-order valence-electron chi connectivity index (χ1n) is 6.33. The number of carbonyl (C=O) groups is 1. The quantitative estimate of drug-likeness (QED) is 0.849. The summed E-state index contributed by atoms with van der Waals surface area (Å²) in [6, 6.07) is 13.3. The van der Waals surface area contributed by atoms with Gasteiger partial charge in [-0.3, -0.25) is 4.79 Å². The molecule has 0 saturated heterocycles. The zero-order chi connectivity index (χ0) is 14.4. The molecule has 5 heteroatoms. The third kappa shape index (κ3) is 3.93. The number of hydrogen-bond acceptors (Lipinski definition) is 3. The van der Waals surface area contributed by atoms with E-state index in [2.05, 4.69) is 10.6 Å². The van der Waals surface area contributed by atoms with E-state index in [1.165, 1.54) is 0 Å². The monoisotopic (exact) mass is 288 g/mol. The molecule has 0 radical (unpaired) electrons. The van der Waals surface area contributed by atoms with Crippen molar-refractivity contribution >= 4 is 23.1 Å². The Labute approximate surface area is 123 Å². The number of nitrogens with one attached hydrogen (secondary N) is 2. The third-order valence-electron chi connectivity index (χ3n) is 2.86. The van der Waals surface area contributed by atoms with E-state index in [1.807, 2.05) is 43.3 Å². The fourth-order valence-corrected chi connectivity index (χ4v) is 1.88. The Kier molecular flexibility index (Phi) is 4.90. The Morgan fingerprint density at radius 2 is 2.00 bits per heavy atom. The summed E-state index contributed by atoms with van der Waals surface area (Å²) in [4.78, 5) is 12.1. The van der Waals surface area contributed by atoms with Crippen LogP contribution in [0, 0.1) is 0 Å². The lowest BCUT2D eigenvalue weighted by Crippen LogP contribution is -2.39. The summed E-state index contributed by atoms with van der Waals surface area (Å²) < 4.78 is 5.16. The zero-order valence-corrected chi connectivity index (χ0v) is 11.9. The second kappa shape index (κ2) is 6.86. The minimum atomic E-state index is -0.289. The van der Waals surface area contributed by atoms with Crippen molar-refractivity contribution in [2.45, 2.75) is 19.5 Å². The van der Waals surface area contributed by atoms with Gasteiger partial charge in [0.2, 0.25) is 0 Å². The first kappa shape index (κ1) is 14.3. The van der Waals surface area contributed by atoms with Crippen LogP contribution in [0.4, 0.5) is 0 Å². The summed E-state index contributed by atoms with van der Waals surface area (Å²) in [5.74, 6) is 0.444. The van der Waals surface area contributed by atoms with Gasteiger partial charge < -0.3 is 15.1 Å². The fourth-order valence-electron chi connectivity index (χ4n) is 1.75. The molecule has 104 valence electrons. The van der Waals surface area contributed by atoms with E-state index in [0.717, 1.165) is 11.3 Å². The van der Waals surface area contributed by atoms with E-state index in [9.17, 15) is 4.79 Å². The van der Waals surface area contributed by atoms with Crippen LogP contribution in [0.15, 0.2) is 53.1 Å². The molecule has 4 nitrogen and oxygen atoms in total. The van der Waals surface area contributed by atoms with Crippen LogP contribution in [0.25, 0.3) is 0 Å². The van der Waals surface area contributed by atoms with Crippen LogP contribution in [-0.2, 0) is 11.3 Å². The molecule has 20 heavy (non-hydrogen) atoms. The molecule has 0 saturated carbocycles. The van der Waals surface area contributed by atoms with Gasteiger partial charge in [0.25, 0.3) is 5.91 Å². The molecule has 1 atom stereocenters. The van der Waals surface area contributed by atoms with Crippen LogP contribution >= 0.6 is 12.2 Å². The van der Waals surface area contributed by atoms with Crippen LogP contribution in [0.5, 0.6) is 0 Å². The molecule has 1 amide bonds. The third-order valence-corrected chi connectivity index (χ3v) is 3.19. The number of rotatable bonds is 4. The van der Waals surface area contributed by atoms with Gasteiger partial charge in [-0.1, -0.05) is 42.5 Å². The first-order chi connectivity index (χ1) is 9.66. The Bertz CT molecular complexity index is 567. The van der Waals surface area contributed by atoms with E-state index >= 15 is 0 Å². The molecule has 0 bridgehead atoms. The largest absolute Gasteiger partial charge is 0.467 e. The van der Waals surface area contributed by atoms with Crippen molar-refractivity contribution in [2.24, 2.45) is 0 Å². The summed E-state index contributed by atoms with van der Waals surface area (Å²) in [6.45, 7) is 2.32. The summed E-state index contributed by atoms with van der Waals surface area (Å²) in [5, 5.41) is 5.72. The molecule has 2 N–H and O–H groups in total. The van der Waals surface area contributed by atoms with Gasteiger partial charge in [0.15, 0.2) is 4.99 Å². The number of furan rings is 1. The zero-order valence-electron chi connectivity index (χ0n) is 11.1. The van der Waals surface area contributed by atoms with Crippen molar-refractivity contribution in [1.82, 2.24) is 10.6 Å². The summed E-state index contributed by atoms with van der Waals surface area (Å²) >= 11 is 5.05. The predicted molar refractivity (Wildman–Crippen MR) is 81.1 cm³/mol. The van der Waals surface area contributed by atoms with Gasteiger partial charge in [-0.15, -0.1) is 0 Å². The van der Waals surface area contributed by atoms with E-state index in [-0.39, 0.29) is 16.9 Å². The lowest BCUT2D eigenvalue weighted by atomic mass is 10.1. The molecule has 0 aliphatic heterocycles. The molecule has 2 rings (SSSR count). The van der Waals surface area contributed by atoms with Gasteiger partial charge >= 0.3 is 0 Å². The molecule has 1 heterocycles. The fraction of sp³-hybridized carbons (Fsp3) is 0.200. The number of carbonyl (C=O) groups excluding carboxylic acids is 1. The summed E-state index contributed by atoms with van der Waals surface area (Å²) in [7, 11) is 0. The maximum atomic E-state index is 11.9. The molecule has 1 aromatic heterocycles. The molecule has 0 aliphatic carbocycles. The Balaban J connectivity index is 1.83. The van der Waals surface area contributed by atoms with Crippen LogP contribution in [0.2, 0.25) is 0 Å². The van der Waals surface area contributed by atoms with Gasteiger partial charge in [-0.25, -0.2) is 0 Å². The highest BCUT2D eigenvalue weighted by Gasteiger charge is 2.13. The molecule has 2 aromatic rings. The van der Waals surface area contributed by atoms with Crippen LogP contribution in [-0.4, -0.2) is 10.9 Å². The number of amides is 1. The van der Waals surface area contributed by atoms with Gasteiger partial charge in [0.05, 0.1) is 18.8 Å². The molecule has 0 spiro atoms. The van der Waals surface area contributed by atoms with Crippen LogP contribution in [0.3, 0.4) is 0 Å². The summed E-state index contributed by atoms with van der Waals surface area (Å²) in [6.07, 6.45) is 1.58. The topological polar surface area (TPSA) is 54.3 Å². The summed E-state index contributed by atoms with van der Waals surface area (Å²) in [5.41, 5.74) is 1.04. The van der Waals surface area contributed by atoms with E-state index in [0.29, 0.717) is 6.54 Å². The first-order valence-corrected chi connectivity index (χ1v) is 6.73. The Morgan fingerprint density at radius 3 is 2.65 bits per heavy atom. The molecule has 0 aliphatic rings. The van der Waals surface area contributed by atoms with E-state index < -0.39 is 0 Å². The maximum Gasteiger partial charge on any atom is 0.279 e. The molecular formula is C15H16N2O2S. The lowest BCUT2D eigenvalue weighted by molar-refractivity contribution is -0.115. The van der Waals surface area contributed by atoms with Crippen molar-refractivity contribution in [2.75, 3.05) is 0 Å². The molecule has 0 fully saturated rings. The lowest BCUT2D eigenvalue weighted by Gasteiger charge is -2.15. The average molecular weight is 288 g/mol. The highest BCUT2D eigenvalue weighted by Crippen LogP contribution is 2.10. The van der Waals surface area contributed by atoms with Crippen molar-refractivity contribution in [3.8, 4) is 0 Å². The molecule has 0 unspecified atom stereocenters. The number of benzene rings is 1. The average Bonchev–Trinajstić information content (AvgIpc) is 2.98. The van der Waals surface area contributed by atoms with Gasteiger partial charge in [-0.05, 0) is 24.6 Å². The minimum Gasteiger partial charge on any atom is -0.467 e. The van der Waals surface area contributed by atoms with Gasteiger partial charge in [0.1, 0.15) is 5.76 Å². The standard InChI is InChI=1S/C15H16N2O2S/c1-11(12-6-3-2-4-7-12)17-14(18)15(20)16-10-13-8-5-9-19-13/h2-9,11H,10H2,1H3,(H,16,20)(H,17,18)/t11-/m1/s1. The second-order valence-corrected chi connectivity index (χ2v) is 4.78. The minimum absolute atomic E-state index is 0.0907.